The highest BCUT2D eigenvalue weighted by Gasteiger charge is 2.08. The van der Waals surface area contributed by atoms with Crippen LogP contribution in [0.25, 0.3) is 10.9 Å². The van der Waals surface area contributed by atoms with Crippen LogP contribution in [0, 0.1) is 0 Å². The van der Waals surface area contributed by atoms with Crippen LogP contribution in [0.5, 0.6) is 0 Å². The summed E-state index contributed by atoms with van der Waals surface area (Å²) in [4.78, 5) is 29.1. The van der Waals surface area contributed by atoms with E-state index in [4.69, 9.17) is 4.74 Å². The fourth-order valence-corrected chi connectivity index (χ4v) is 3.78. The second-order valence-corrected chi connectivity index (χ2v) is 8.30. The number of hydrogen-bond acceptors (Lipinski definition) is 5. The van der Waals surface area contributed by atoms with Gasteiger partial charge in [0.25, 0.3) is 5.91 Å². The number of rotatable bonds is 7. The quantitative estimate of drug-likeness (QED) is 0.230. The molecule has 0 saturated heterocycles. The number of hydrogen-bond donors (Lipinski definition) is 3. The van der Waals surface area contributed by atoms with Crippen LogP contribution >= 0.6 is 0 Å². The van der Waals surface area contributed by atoms with E-state index >= 15 is 0 Å². The van der Waals surface area contributed by atoms with Gasteiger partial charge in [-0.2, -0.15) is 0 Å². The summed E-state index contributed by atoms with van der Waals surface area (Å²) in [7, 11) is 0. The second-order valence-electron chi connectivity index (χ2n) is 8.30. The van der Waals surface area contributed by atoms with Crippen LogP contribution in [-0.2, 0) is 11.3 Å². The average molecular weight is 489 g/mol. The van der Waals surface area contributed by atoms with Crippen molar-refractivity contribution in [2.45, 2.75) is 6.61 Å². The number of amides is 2. The molecule has 0 spiro atoms. The molecule has 37 heavy (non-hydrogen) atoms. The van der Waals surface area contributed by atoms with Gasteiger partial charge in [0.1, 0.15) is 6.61 Å². The van der Waals surface area contributed by atoms with Gasteiger partial charge in [-0.15, -0.1) is 0 Å². The summed E-state index contributed by atoms with van der Waals surface area (Å²) in [5.74, 6) is -0.233. The minimum absolute atomic E-state index is 0.189. The highest BCUT2D eigenvalue weighted by molar-refractivity contribution is 6.04. The summed E-state index contributed by atoms with van der Waals surface area (Å²) >= 11 is 0. The maximum atomic E-state index is 12.7. The molecule has 1 heterocycles. The third-order valence-corrected chi connectivity index (χ3v) is 5.68. The van der Waals surface area contributed by atoms with Crippen LogP contribution < -0.4 is 16.0 Å². The van der Waals surface area contributed by atoms with Crippen LogP contribution in [0.4, 0.5) is 27.5 Å². The Bertz CT molecular complexity index is 1510. The standard InChI is InChI=1S/C30H24N4O3/c35-29(22-10-12-23(13-11-22)32-28-18-19-31-27-9-5-4-8-26(27)28)33-24-14-16-25(17-15-24)34-30(36)37-20-21-6-2-1-3-7-21/h1-19H,20H2,(H,31,32)(H,33,35)(H,34,36). The Morgan fingerprint density at radius 3 is 2.08 bits per heavy atom. The molecule has 182 valence electrons. The lowest BCUT2D eigenvalue weighted by Gasteiger charge is -2.11. The van der Waals surface area contributed by atoms with E-state index < -0.39 is 6.09 Å². The lowest BCUT2D eigenvalue weighted by molar-refractivity contribution is 0.102. The van der Waals surface area contributed by atoms with Crippen LogP contribution in [0.3, 0.4) is 0 Å². The summed E-state index contributed by atoms with van der Waals surface area (Å²) in [6.07, 6.45) is 1.22. The fraction of sp³-hybridized carbons (Fsp3) is 0.0333. The number of pyridine rings is 1. The first-order valence-corrected chi connectivity index (χ1v) is 11.7. The molecule has 0 bridgehead atoms. The summed E-state index contributed by atoms with van der Waals surface area (Å²) in [5, 5.41) is 9.95. The number of nitrogens with one attached hydrogen (secondary N) is 3. The molecule has 0 saturated carbocycles. The number of aromatic nitrogens is 1. The smallest absolute Gasteiger partial charge is 0.411 e. The maximum Gasteiger partial charge on any atom is 0.411 e. The first-order chi connectivity index (χ1) is 18.1. The summed E-state index contributed by atoms with van der Waals surface area (Å²) in [6, 6.07) is 33.4. The fourth-order valence-electron chi connectivity index (χ4n) is 3.78. The Morgan fingerprint density at radius 2 is 1.32 bits per heavy atom. The summed E-state index contributed by atoms with van der Waals surface area (Å²) in [5.41, 5.74) is 5.33. The number of nitrogens with zero attached hydrogens (tertiary/aromatic N) is 1. The first kappa shape index (κ1) is 23.6. The molecule has 7 heteroatoms. The Labute approximate surface area is 214 Å². The zero-order chi connectivity index (χ0) is 25.5. The number of ether oxygens (including phenoxy) is 1. The number of para-hydroxylation sites is 1. The lowest BCUT2D eigenvalue weighted by atomic mass is 10.1. The van der Waals surface area contributed by atoms with Crippen molar-refractivity contribution >= 4 is 45.7 Å². The van der Waals surface area contributed by atoms with Crippen LogP contribution in [0.2, 0.25) is 0 Å². The molecule has 0 aliphatic rings. The van der Waals surface area contributed by atoms with Crippen molar-refractivity contribution in [2.75, 3.05) is 16.0 Å². The molecule has 4 aromatic carbocycles. The van der Waals surface area contributed by atoms with E-state index in [1.165, 1.54) is 0 Å². The first-order valence-electron chi connectivity index (χ1n) is 11.7. The second kappa shape index (κ2) is 11.0. The molecular weight excluding hydrogens is 464 g/mol. The van der Waals surface area contributed by atoms with Crippen molar-refractivity contribution in [1.82, 2.24) is 4.98 Å². The monoisotopic (exact) mass is 488 g/mol. The normalized spacial score (nSPS) is 10.5. The maximum absolute atomic E-state index is 12.7. The Morgan fingerprint density at radius 1 is 0.676 bits per heavy atom. The number of anilines is 4. The molecule has 7 nitrogen and oxygen atoms in total. The van der Waals surface area contributed by atoms with Crippen LogP contribution in [-0.4, -0.2) is 17.0 Å². The molecule has 3 N–H and O–H groups in total. The van der Waals surface area contributed by atoms with E-state index in [0.29, 0.717) is 16.9 Å². The highest BCUT2D eigenvalue weighted by atomic mass is 16.5. The molecule has 0 atom stereocenters. The molecule has 0 radical (unpaired) electrons. The molecule has 2 amide bonds. The minimum Gasteiger partial charge on any atom is -0.444 e. The third-order valence-electron chi connectivity index (χ3n) is 5.68. The summed E-state index contributed by atoms with van der Waals surface area (Å²) < 4.78 is 5.22. The van der Waals surface area contributed by atoms with Crippen molar-refractivity contribution in [3.05, 3.63) is 127 Å². The molecular formula is C30H24N4O3. The van der Waals surface area contributed by atoms with Gasteiger partial charge in [0.2, 0.25) is 0 Å². The number of fused-ring (bicyclic) bond motifs is 1. The minimum atomic E-state index is -0.547. The van der Waals surface area contributed by atoms with Crippen molar-refractivity contribution in [3.8, 4) is 0 Å². The van der Waals surface area contributed by atoms with Gasteiger partial charge in [-0.25, -0.2) is 4.79 Å². The van der Waals surface area contributed by atoms with Gasteiger partial charge in [-0.3, -0.25) is 15.1 Å². The average Bonchev–Trinajstić information content (AvgIpc) is 2.94. The van der Waals surface area contributed by atoms with Crippen LogP contribution in [0.15, 0.2) is 115 Å². The van der Waals surface area contributed by atoms with Gasteiger partial charge in [-0.1, -0.05) is 48.5 Å². The van der Waals surface area contributed by atoms with Gasteiger partial charge in [0.05, 0.1) is 5.52 Å². The summed E-state index contributed by atoms with van der Waals surface area (Å²) in [6.45, 7) is 0.189. The van der Waals surface area contributed by atoms with E-state index in [1.54, 1.807) is 42.6 Å². The van der Waals surface area contributed by atoms with Crippen molar-refractivity contribution < 1.29 is 14.3 Å². The van der Waals surface area contributed by atoms with Crippen molar-refractivity contribution in [1.29, 1.82) is 0 Å². The Kier molecular flexibility index (Phi) is 7.04. The van der Waals surface area contributed by atoms with E-state index in [0.717, 1.165) is 27.8 Å². The molecule has 0 unspecified atom stereocenters. The van der Waals surface area contributed by atoms with E-state index in [1.807, 2.05) is 72.8 Å². The van der Waals surface area contributed by atoms with Gasteiger partial charge >= 0.3 is 6.09 Å². The van der Waals surface area contributed by atoms with Gasteiger partial charge in [0.15, 0.2) is 0 Å². The van der Waals surface area contributed by atoms with Crippen LogP contribution in [0.1, 0.15) is 15.9 Å². The van der Waals surface area contributed by atoms with E-state index in [2.05, 4.69) is 20.9 Å². The topological polar surface area (TPSA) is 92.4 Å². The SMILES string of the molecule is O=C(Nc1ccc(NC(=O)c2ccc(Nc3ccnc4ccccc34)cc2)cc1)OCc1ccccc1. The molecule has 5 rings (SSSR count). The number of benzene rings is 4. The lowest BCUT2D eigenvalue weighted by Crippen LogP contribution is -2.14. The molecule has 0 aliphatic heterocycles. The molecule has 0 aliphatic carbocycles. The largest absolute Gasteiger partial charge is 0.444 e. The molecule has 5 aromatic rings. The zero-order valence-corrected chi connectivity index (χ0v) is 19.8. The zero-order valence-electron chi connectivity index (χ0n) is 19.8. The highest BCUT2D eigenvalue weighted by Crippen LogP contribution is 2.25. The van der Waals surface area contributed by atoms with Gasteiger partial charge in [0, 0.05) is 39.9 Å². The number of carbonyl (C=O) groups excluding carboxylic acids is 2. The van der Waals surface area contributed by atoms with E-state index in [-0.39, 0.29) is 12.5 Å². The number of carbonyl (C=O) groups is 2. The third kappa shape index (κ3) is 6.10. The Hall–Kier alpha value is -5.17. The van der Waals surface area contributed by atoms with Crippen molar-refractivity contribution in [2.24, 2.45) is 0 Å². The predicted molar refractivity (Wildman–Crippen MR) is 146 cm³/mol. The Balaban J connectivity index is 1.15. The van der Waals surface area contributed by atoms with Gasteiger partial charge in [-0.05, 0) is 66.2 Å². The van der Waals surface area contributed by atoms with Gasteiger partial charge < -0.3 is 15.4 Å². The molecule has 1 aromatic heterocycles. The van der Waals surface area contributed by atoms with E-state index in [9.17, 15) is 9.59 Å². The van der Waals surface area contributed by atoms with Crippen molar-refractivity contribution in [3.63, 3.8) is 0 Å². The molecule has 0 fully saturated rings. The predicted octanol–water partition coefficient (Wildman–Crippen LogP) is 6.98.